The molecule has 3 rings (SSSR count). The maximum absolute atomic E-state index is 11.2. The zero-order chi connectivity index (χ0) is 14.3. The molecule has 5 heteroatoms. The second-order valence-electron chi connectivity index (χ2n) is 5.52. The lowest BCUT2D eigenvalue weighted by atomic mass is 9.98. The van der Waals surface area contributed by atoms with Gasteiger partial charge in [-0.3, -0.25) is 4.79 Å². The minimum atomic E-state index is -0.689. The van der Waals surface area contributed by atoms with Crippen LogP contribution in [0.4, 0.5) is 5.69 Å². The number of nitrogens with zero attached hydrogens (tertiary/aromatic N) is 3. The van der Waals surface area contributed by atoms with Crippen molar-refractivity contribution in [2.24, 2.45) is 5.92 Å². The topological polar surface area (TPSA) is 57.8 Å². The molecule has 0 saturated carbocycles. The predicted octanol–water partition coefficient (Wildman–Crippen LogP) is 2.25. The van der Waals surface area contributed by atoms with Gasteiger partial charge in [-0.1, -0.05) is 0 Å². The van der Waals surface area contributed by atoms with E-state index in [4.69, 9.17) is 0 Å². The van der Waals surface area contributed by atoms with Gasteiger partial charge < -0.3 is 14.4 Å². The molecule has 0 aromatic carbocycles. The number of carbonyl (C=O) groups is 1. The molecule has 1 saturated heterocycles. The summed E-state index contributed by atoms with van der Waals surface area (Å²) < 4.78 is 2.08. The normalized spacial score (nSPS) is 19.5. The van der Waals surface area contributed by atoms with Crippen LogP contribution in [0, 0.1) is 19.8 Å². The molecular formula is C15H19N3O2. The summed E-state index contributed by atoms with van der Waals surface area (Å²) in [6.07, 6.45) is 3.77. The first kappa shape index (κ1) is 13.0. The predicted molar refractivity (Wildman–Crippen MR) is 77.2 cm³/mol. The number of aryl methyl sites for hydroxylation is 2. The van der Waals surface area contributed by atoms with Crippen molar-refractivity contribution in [3.8, 4) is 0 Å². The SMILES string of the molecule is Cc1nc2ccc(N3CCCC(C(=O)O)C3)cn2c1C. The van der Waals surface area contributed by atoms with Crippen LogP contribution in [0.15, 0.2) is 18.3 Å². The molecule has 1 atom stereocenters. The standard InChI is InChI=1S/C15H19N3O2/c1-10-11(2)18-9-13(5-6-14(18)16-10)17-7-3-4-12(8-17)15(19)20/h5-6,9,12H,3-4,7-8H2,1-2H3,(H,19,20). The fourth-order valence-electron chi connectivity index (χ4n) is 2.87. The van der Waals surface area contributed by atoms with Gasteiger partial charge in [-0.2, -0.15) is 0 Å². The molecule has 0 radical (unpaired) electrons. The van der Waals surface area contributed by atoms with Crippen LogP contribution in [0.3, 0.4) is 0 Å². The van der Waals surface area contributed by atoms with E-state index in [2.05, 4.69) is 27.4 Å². The Hall–Kier alpha value is -2.04. The number of piperidine rings is 1. The molecule has 20 heavy (non-hydrogen) atoms. The third-order valence-electron chi connectivity index (χ3n) is 4.21. The van der Waals surface area contributed by atoms with Gasteiger partial charge in [0, 0.05) is 25.0 Å². The van der Waals surface area contributed by atoms with Crippen LogP contribution in [-0.2, 0) is 4.79 Å². The van der Waals surface area contributed by atoms with Gasteiger partial charge in [0.25, 0.3) is 0 Å². The minimum Gasteiger partial charge on any atom is -0.481 e. The molecule has 1 aliphatic rings. The fraction of sp³-hybridized carbons (Fsp3) is 0.467. The van der Waals surface area contributed by atoms with Crippen molar-refractivity contribution in [2.75, 3.05) is 18.0 Å². The molecule has 2 aromatic heterocycles. The average Bonchev–Trinajstić information content (AvgIpc) is 2.74. The van der Waals surface area contributed by atoms with Crippen molar-refractivity contribution in [1.82, 2.24) is 9.38 Å². The molecule has 106 valence electrons. The number of imidazole rings is 1. The Labute approximate surface area is 117 Å². The summed E-state index contributed by atoms with van der Waals surface area (Å²) in [5.74, 6) is -0.949. The van der Waals surface area contributed by atoms with Crippen LogP contribution in [0.1, 0.15) is 24.2 Å². The highest BCUT2D eigenvalue weighted by molar-refractivity contribution is 5.71. The molecule has 1 unspecified atom stereocenters. The first-order valence-corrected chi connectivity index (χ1v) is 6.99. The number of hydrogen-bond acceptors (Lipinski definition) is 3. The third kappa shape index (κ3) is 2.13. The first-order chi connectivity index (χ1) is 9.56. The van der Waals surface area contributed by atoms with Crippen LogP contribution in [0.25, 0.3) is 5.65 Å². The minimum absolute atomic E-state index is 0.259. The largest absolute Gasteiger partial charge is 0.481 e. The van der Waals surface area contributed by atoms with Crippen molar-refractivity contribution in [3.05, 3.63) is 29.7 Å². The summed E-state index contributed by atoms with van der Waals surface area (Å²) in [6, 6.07) is 4.03. The number of carboxylic acid groups (broad SMARTS) is 1. The number of aromatic nitrogens is 2. The maximum Gasteiger partial charge on any atom is 0.308 e. The van der Waals surface area contributed by atoms with Gasteiger partial charge in [0.05, 0.1) is 17.3 Å². The molecule has 2 aromatic rings. The molecule has 0 aliphatic carbocycles. The van der Waals surface area contributed by atoms with Crippen molar-refractivity contribution < 1.29 is 9.90 Å². The summed E-state index contributed by atoms with van der Waals surface area (Å²) in [5, 5.41) is 9.18. The van der Waals surface area contributed by atoms with Gasteiger partial charge in [-0.15, -0.1) is 0 Å². The van der Waals surface area contributed by atoms with Crippen LogP contribution in [0.5, 0.6) is 0 Å². The third-order valence-corrected chi connectivity index (χ3v) is 4.21. The highest BCUT2D eigenvalue weighted by atomic mass is 16.4. The zero-order valence-electron chi connectivity index (χ0n) is 11.8. The van der Waals surface area contributed by atoms with Crippen LogP contribution >= 0.6 is 0 Å². The Morgan fingerprint density at radius 3 is 2.95 bits per heavy atom. The monoisotopic (exact) mass is 273 g/mol. The number of rotatable bonds is 2. The van der Waals surface area contributed by atoms with Crippen LogP contribution < -0.4 is 4.90 Å². The molecule has 1 N–H and O–H groups in total. The molecule has 5 nitrogen and oxygen atoms in total. The lowest BCUT2D eigenvalue weighted by Crippen LogP contribution is -2.38. The highest BCUT2D eigenvalue weighted by Crippen LogP contribution is 2.24. The second kappa shape index (κ2) is 4.81. The van der Waals surface area contributed by atoms with Gasteiger partial charge in [0.15, 0.2) is 0 Å². The highest BCUT2D eigenvalue weighted by Gasteiger charge is 2.25. The lowest BCUT2D eigenvalue weighted by Gasteiger charge is -2.32. The number of fused-ring (bicyclic) bond motifs is 1. The van der Waals surface area contributed by atoms with Gasteiger partial charge in [0.1, 0.15) is 5.65 Å². The Kier molecular flexibility index (Phi) is 3.12. The molecule has 0 bridgehead atoms. The molecule has 1 fully saturated rings. The van der Waals surface area contributed by atoms with E-state index < -0.39 is 5.97 Å². The van der Waals surface area contributed by atoms with E-state index in [0.717, 1.165) is 42.1 Å². The number of hydrogen-bond donors (Lipinski definition) is 1. The van der Waals surface area contributed by atoms with E-state index in [-0.39, 0.29) is 5.92 Å². The molecule has 0 spiro atoms. The zero-order valence-corrected chi connectivity index (χ0v) is 11.8. The van der Waals surface area contributed by atoms with Gasteiger partial charge >= 0.3 is 5.97 Å². The summed E-state index contributed by atoms with van der Waals surface area (Å²) >= 11 is 0. The Morgan fingerprint density at radius 2 is 2.20 bits per heavy atom. The number of aliphatic carboxylic acids is 1. The van der Waals surface area contributed by atoms with Crippen molar-refractivity contribution in [1.29, 1.82) is 0 Å². The van der Waals surface area contributed by atoms with Crippen molar-refractivity contribution in [3.63, 3.8) is 0 Å². The lowest BCUT2D eigenvalue weighted by molar-refractivity contribution is -0.141. The number of carboxylic acids is 1. The Bertz CT molecular complexity index is 662. The maximum atomic E-state index is 11.2. The molecule has 3 heterocycles. The average molecular weight is 273 g/mol. The van der Waals surface area contributed by atoms with E-state index >= 15 is 0 Å². The second-order valence-corrected chi connectivity index (χ2v) is 5.52. The quantitative estimate of drug-likeness (QED) is 0.911. The summed E-state index contributed by atoms with van der Waals surface area (Å²) in [7, 11) is 0. The van der Waals surface area contributed by atoms with Crippen molar-refractivity contribution in [2.45, 2.75) is 26.7 Å². The number of anilines is 1. The van der Waals surface area contributed by atoms with E-state index in [1.54, 1.807) is 0 Å². The molecule has 0 amide bonds. The smallest absolute Gasteiger partial charge is 0.308 e. The first-order valence-electron chi connectivity index (χ1n) is 6.99. The van der Waals surface area contributed by atoms with Gasteiger partial charge in [0.2, 0.25) is 0 Å². The Morgan fingerprint density at radius 1 is 1.40 bits per heavy atom. The van der Waals surface area contributed by atoms with Crippen LogP contribution in [-0.4, -0.2) is 33.6 Å². The summed E-state index contributed by atoms with van der Waals surface area (Å²) in [4.78, 5) is 17.8. The van der Waals surface area contributed by atoms with E-state index in [1.807, 2.05) is 19.1 Å². The molecular weight excluding hydrogens is 254 g/mol. The van der Waals surface area contributed by atoms with E-state index in [9.17, 15) is 9.90 Å². The van der Waals surface area contributed by atoms with Gasteiger partial charge in [-0.25, -0.2) is 4.98 Å². The van der Waals surface area contributed by atoms with Crippen molar-refractivity contribution >= 4 is 17.3 Å². The van der Waals surface area contributed by atoms with Gasteiger partial charge in [-0.05, 0) is 38.8 Å². The molecule has 1 aliphatic heterocycles. The number of pyridine rings is 1. The van der Waals surface area contributed by atoms with E-state index in [0.29, 0.717) is 6.54 Å². The summed E-state index contributed by atoms with van der Waals surface area (Å²) in [5.41, 5.74) is 4.18. The van der Waals surface area contributed by atoms with Crippen LogP contribution in [0.2, 0.25) is 0 Å². The fourth-order valence-corrected chi connectivity index (χ4v) is 2.87. The summed E-state index contributed by atoms with van der Waals surface area (Å²) in [6.45, 7) is 5.56. The Balaban J connectivity index is 1.93. The van der Waals surface area contributed by atoms with E-state index in [1.165, 1.54) is 0 Å².